The van der Waals surface area contributed by atoms with Crippen LogP contribution in [0.2, 0.25) is 0 Å². The minimum absolute atomic E-state index is 0.0128. The fourth-order valence-corrected chi connectivity index (χ4v) is 3.10. The molecule has 0 aliphatic rings. The molecule has 0 bridgehead atoms. The van der Waals surface area contributed by atoms with Gasteiger partial charge < -0.3 is 5.32 Å². The molecule has 0 unspecified atom stereocenters. The van der Waals surface area contributed by atoms with Crippen LogP contribution < -0.4 is 10.0 Å². The number of rotatable bonds is 4. The molecule has 0 aliphatic heterocycles. The van der Waals surface area contributed by atoms with E-state index in [0.29, 0.717) is 15.9 Å². The normalized spacial score (nSPS) is 11.2. The zero-order valence-corrected chi connectivity index (χ0v) is 13.9. The summed E-state index contributed by atoms with van der Waals surface area (Å²) in [5, 5.41) is 10.3. The van der Waals surface area contributed by atoms with Crippen molar-refractivity contribution in [1.29, 1.82) is 0 Å². The lowest BCUT2D eigenvalue weighted by molar-refractivity contribution is 0.600. The van der Waals surface area contributed by atoms with Gasteiger partial charge in [0.15, 0.2) is 0 Å². The number of hydrogen-bond donors (Lipinski definition) is 2. The first kappa shape index (κ1) is 15.6. The molecule has 2 rings (SSSR count). The lowest BCUT2D eigenvalue weighted by atomic mass is 10.4. The largest absolute Gasteiger partial charge is 0.372 e. The maximum Gasteiger partial charge on any atom is 0.267 e. The third-order valence-corrected chi connectivity index (χ3v) is 4.44. The van der Waals surface area contributed by atoms with Crippen LogP contribution in [0.5, 0.6) is 0 Å². The van der Waals surface area contributed by atoms with Crippen molar-refractivity contribution < 1.29 is 8.42 Å². The van der Waals surface area contributed by atoms with Gasteiger partial charge in [0, 0.05) is 17.7 Å². The SMILES string of the molecule is CNc1ncc(Br)cc1S(=O)(=O)Nc1nnc(C)c(C)n1. The summed E-state index contributed by atoms with van der Waals surface area (Å²) in [4.78, 5) is 8.03. The molecule has 0 aromatic carbocycles. The van der Waals surface area contributed by atoms with Gasteiger partial charge >= 0.3 is 0 Å². The van der Waals surface area contributed by atoms with Crippen LogP contribution >= 0.6 is 15.9 Å². The smallest absolute Gasteiger partial charge is 0.267 e. The summed E-state index contributed by atoms with van der Waals surface area (Å²) < 4.78 is 27.7. The maximum absolute atomic E-state index is 12.4. The van der Waals surface area contributed by atoms with Crippen molar-refractivity contribution in [2.45, 2.75) is 18.7 Å². The van der Waals surface area contributed by atoms with Crippen molar-refractivity contribution in [1.82, 2.24) is 20.2 Å². The van der Waals surface area contributed by atoms with Crippen LogP contribution in [0.25, 0.3) is 0 Å². The highest BCUT2D eigenvalue weighted by Gasteiger charge is 2.21. The number of hydrogen-bond acceptors (Lipinski definition) is 7. The van der Waals surface area contributed by atoms with E-state index in [2.05, 4.69) is 46.1 Å². The number of halogens is 1. The highest BCUT2D eigenvalue weighted by atomic mass is 79.9. The van der Waals surface area contributed by atoms with E-state index < -0.39 is 10.0 Å². The van der Waals surface area contributed by atoms with Gasteiger partial charge in [-0.1, -0.05) is 0 Å². The average Bonchev–Trinajstić information content (AvgIpc) is 2.42. The van der Waals surface area contributed by atoms with Gasteiger partial charge in [0.05, 0.1) is 11.4 Å². The molecule has 21 heavy (non-hydrogen) atoms. The summed E-state index contributed by atoms with van der Waals surface area (Å²) >= 11 is 3.20. The van der Waals surface area contributed by atoms with Gasteiger partial charge in [0.25, 0.3) is 16.0 Å². The zero-order valence-electron chi connectivity index (χ0n) is 11.5. The number of nitrogens with one attached hydrogen (secondary N) is 2. The van der Waals surface area contributed by atoms with E-state index in [1.54, 1.807) is 20.9 Å². The van der Waals surface area contributed by atoms with Crippen molar-refractivity contribution in [3.8, 4) is 0 Å². The fraction of sp³-hybridized carbons (Fsp3) is 0.273. The van der Waals surface area contributed by atoms with E-state index in [9.17, 15) is 8.42 Å². The third kappa shape index (κ3) is 3.45. The highest BCUT2D eigenvalue weighted by Crippen LogP contribution is 2.24. The van der Waals surface area contributed by atoms with Crippen molar-refractivity contribution in [2.24, 2.45) is 0 Å². The first-order valence-electron chi connectivity index (χ1n) is 5.87. The van der Waals surface area contributed by atoms with Crippen LogP contribution in [0.15, 0.2) is 21.6 Å². The zero-order chi connectivity index (χ0) is 15.6. The average molecular weight is 373 g/mol. The standard InChI is InChI=1S/C11H13BrN6O2S/c1-6-7(2)16-17-11(15-6)18-21(19,20)9-4-8(12)5-14-10(9)13-3/h4-5H,1-3H3,(H,13,14)(H,15,17,18). The van der Waals surface area contributed by atoms with Crippen molar-refractivity contribution in [2.75, 3.05) is 17.1 Å². The Kier molecular flexibility index (Phi) is 4.37. The fourth-order valence-electron chi connectivity index (χ4n) is 1.49. The number of nitrogens with zero attached hydrogens (tertiary/aromatic N) is 4. The second-order valence-electron chi connectivity index (χ2n) is 4.16. The first-order chi connectivity index (χ1) is 9.83. The third-order valence-electron chi connectivity index (χ3n) is 2.66. The molecule has 0 aliphatic carbocycles. The molecular formula is C11H13BrN6O2S. The molecule has 0 fully saturated rings. The van der Waals surface area contributed by atoms with Crippen LogP contribution in [0.1, 0.15) is 11.4 Å². The van der Waals surface area contributed by atoms with Gasteiger partial charge in [0.1, 0.15) is 10.7 Å². The van der Waals surface area contributed by atoms with Gasteiger partial charge in [0.2, 0.25) is 0 Å². The molecule has 0 saturated carbocycles. The van der Waals surface area contributed by atoms with Crippen LogP contribution in [0, 0.1) is 13.8 Å². The molecule has 2 aromatic rings. The number of sulfonamides is 1. The van der Waals surface area contributed by atoms with Gasteiger partial charge in [-0.15, -0.1) is 5.10 Å². The van der Waals surface area contributed by atoms with E-state index in [4.69, 9.17) is 0 Å². The summed E-state index contributed by atoms with van der Waals surface area (Å²) in [6.45, 7) is 3.46. The van der Waals surface area contributed by atoms with Crippen LogP contribution in [-0.4, -0.2) is 35.6 Å². The van der Waals surface area contributed by atoms with E-state index in [-0.39, 0.29) is 16.7 Å². The van der Waals surface area contributed by atoms with Gasteiger partial charge in [-0.25, -0.2) is 23.1 Å². The van der Waals surface area contributed by atoms with E-state index in [1.165, 1.54) is 12.3 Å². The predicted octanol–water partition coefficient (Wildman–Crippen LogP) is 1.49. The Labute approximate surface area is 130 Å². The monoisotopic (exact) mass is 372 g/mol. The Hall–Kier alpha value is -1.81. The molecule has 0 saturated heterocycles. The van der Waals surface area contributed by atoms with E-state index >= 15 is 0 Å². The molecule has 2 heterocycles. The number of pyridine rings is 1. The summed E-state index contributed by atoms with van der Waals surface area (Å²) in [5.41, 5.74) is 1.24. The Morgan fingerprint density at radius 3 is 2.52 bits per heavy atom. The minimum atomic E-state index is -3.88. The van der Waals surface area contributed by atoms with Crippen molar-refractivity contribution in [3.05, 3.63) is 28.1 Å². The highest BCUT2D eigenvalue weighted by molar-refractivity contribution is 9.10. The second-order valence-corrected chi connectivity index (χ2v) is 6.73. The topological polar surface area (TPSA) is 110 Å². The lowest BCUT2D eigenvalue weighted by Gasteiger charge is -2.10. The van der Waals surface area contributed by atoms with Gasteiger partial charge in [-0.2, -0.15) is 5.10 Å². The van der Waals surface area contributed by atoms with Crippen LogP contribution in [0.3, 0.4) is 0 Å². The Morgan fingerprint density at radius 2 is 1.90 bits per heavy atom. The Morgan fingerprint density at radius 1 is 1.19 bits per heavy atom. The molecule has 112 valence electrons. The second kappa shape index (κ2) is 5.90. The quantitative estimate of drug-likeness (QED) is 0.836. The molecule has 0 amide bonds. The summed E-state index contributed by atoms with van der Waals surface area (Å²) in [5.74, 6) is 0.141. The maximum atomic E-state index is 12.4. The molecule has 10 heteroatoms. The van der Waals surface area contributed by atoms with Crippen LogP contribution in [-0.2, 0) is 10.0 Å². The first-order valence-corrected chi connectivity index (χ1v) is 8.15. The molecule has 8 nitrogen and oxygen atoms in total. The Balaban J connectivity index is 2.42. The molecular weight excluding hydrogens is 360 g/mol. The number of anilines is 2. The Bertz CT molecular complexity index is 780. The van der Waals surface area contributed by atoms with Crippen LogP contribution in [0.4, 0.5) is 11.8 Å². The van der Waals surface area contributed by atoms with Gasteiger partial charge in [-0.3, -0.25) is 0 Å². The number of aromatic nitrogens is 4. The van der Waals surface area contributed by atoms with Crippen molar-refractivity contribution in [3.63, 3.8) is 0 Å². The lowest BCUT2D eigenvalue weighted by Crippen LogP contribution is -2.18. The molecule has 0 atom stereocenters. The minimum Gasteiger partial charge on any atom is -0.372 e. The molecule has 2 aromatic heterocycles. The predicted molar refractivity (Wildman–Crippen MR) is 81.6 cm³/mol. The summed E-state index contributed by atoms with van der Waals surface area (Å²) in [6.07, 6.45) is 1.50. The van der Waals surface area contributed by atoms with E-state index in [1.807, 2.05) is 0 Å². The molecule has 2 N–H and O–H groups in total. The van der Waals surface area contributed by atoms with Gasteiger partial charge in [-0.05, 0) is 35.8 Å². The van der Waals surface area contributed by atoms with Crippen molar-refractivity contribution >= 4 is 37.7 Å². The molecule has 0 radical (unpaired) electrons. The van der Waals surface area contributed by atoms with E-state index in [0.717, 1.165) is 0 Å². The molecule has 0 spiro atoms. The summed E-state index contributed by atoms with van der Waals surface area (Å²) in [7, 11) is -2.29. The number of aryl methyl sites for hydroxylation is 2. The summed E-state index contributed by atoms with van der Waals surface area (Å²) in [6, 6.07) is 1.44.